The molecule has 0 aromatic heterocycles. The summed E-state index contributed by atoms with van der Waals surface area (Å²) in [7, 11) is 0. The monoisotopic (exact) mass is 797 g/mol. The summed E-state index contributed by atoms with van der Waals surface area (Å²) >= 11 is 0. The van der Waals surface area contributed by atoms with Crippen LogP contribution in [-0.2, 0) is 0 Å². The minimum absolute atomic E-state index is 0.452. The molecule has 1 aliphatic heterocycles. The van der Waals surface area contributed by atoms with Gasteiger partial charge in [-0.25, -0.2) is 0 Å². The fourth-order valence-corrected chi connectivity index (χ4v) is 20.1. The number of fused-ring (bicyclic) bond motifs is 7. The lowest BCUT2D eigenvalue weighted by Gasteiger charge is -2.56. The minimum Gasteiger partial charge on any atom is -0.327 e. The number of nitrogens with two attached hydrogens (primary N) is 1. The maximum Gasteiger partial charge on any atom is 0.0129 e. The van der Waals surface area contributed by atoms with Crippen molar-refractivity contribution in [2.24, 2.45) is 112 Å². The molecule has 0 aromatic rings. The van der Waals surface area contributed by atoms with Crippen LogP contribution >= 0.6 is 0 Å². The molecule has 58 heavy (non-hydrogen) atoms. The third kappa shape index (κ3) is 8.62. The largest absolute Gasteiger partial charge is 0.327 e. The molecule has 9 saturated carbocycles. The zero-order valence-electron chi connectivity index (χ0n) is 38.5. The SMILES string of the molecule is CC(CC1CCCC(C2NC3CCCC3C3C2CCC2C4CCCCC4C(C)C23)C1)C(CC(N)C1CCCC(C2CCCCC2)C1)C1CCCC(C2CCCCC2)C1. The van der Waals surface area contributed by atoms with Gasteiger partial charge in [-0.15, -0.1) is 0 Å². The smallest absolute Gasteiger partial charge is 0.0129 e. The van der Waals surface area contributed by atoms with E-state index in [0.717, 1.165) is 119 Å². The Morgan fingerprint density at radius 3 is 1.78 bits per heavy atom. The van der Waals surface area contributed by atoms with Gasteiger partial charge in [0, 0.05) is 18.1 Å². The van der Waals surface area contributed by atoms with Gasteiger partial charge in [-0.05, 0) is 190 Å². The quantitative estimate of drug-likeness (QED) is 0.231. The van der Waals surface area contributed by atoms with Crippen LogP contribution < -0.4 is 11.1 Å². The second-order valence-electron chi connectivity index (χ2n) is 25.2. The van der Waals surface area contributed by atoms with Crippen LogP contribution in [0.5, 0.6) is 0 Å². The van der Waals surface area contributed by atoms with Crippen LogP contribution in [0, 0.1) is 107 Å². The lowest BCUT2D eigenvalue weighted by molar-refractivity contribution is -0.0474. The molecule has 0 aromatic carbocycles. The Hall–Kier alpha value is -0.0800. The number of piperidine rings is 1. The van der Waals surface area contributed by atoms with E-state index in [-0.39, 0.29) is 0 Å². The highest BCUT2D eigenvalue weighted by Crippen LogP contribution is 2.64. The third-order valence-electron chi connectivity index (χ3n) is 22.6. The van der Waals surface area contributed by atoms with E-state index in [1.807, 2.05) is 0 Å². The Labute approximate surface area is 360 Å². The van der Waals surface area contributed by atoms with Crippen molar-refractivity contribution >= 4 is 0 Å². The first-order chi connectivity index (χ1) is 28.5. The van der Waals surface area contributed by atoms with Gasteiger partial charge in [-0.3, -0.25) is 0 Å². The summed E-state index contributed by atoms with van der Waals surface area (Å²) in [5.41, 5.74) is 7.60. The summed E-state index contributed by atoms with van der Waals surface area (Å²) in [6, 6.07) is 2.14. The Kier molecular flexibility index (Phi) is 13.7. The van der Waals surface area contributed by atoms with Crippen LogP contribution in [0.2, 0.25) is 0 Å². The zero-order chi connectivity index (χ0) is 39.2. The molecule has 0 amide bonds. The molecule has 0 radical (unpaired) electrons. The highest BCUT2D eigenvalue weighted by Gasteiger charge is 2.60. The first kappa shape index (κ1) is 41.9. The number of hydrogen-bond donors (Lipinski definition) is 2. The van der Waals surface area contributed by atoms with Gasteiger partial charge < -0.3 is 11.1 Å². The second kappa shape index (κ2) is 18.9. The van der Waals surface area contributed by atoms with Gasteiger partial charge in [0.25, 0.3) is 0 Å². The summed E-state index contributed by atoms with van der Waals surface area (Å²) < 4.78 is 0. The Morgan fingerprint density at radius 1 is 0.466 bits per heavy atom. The summed E-state index contributed by atoms with van der Waals surface area (Å²) in [6.07, 6.45) is 50.2. The summed E-state index contributed by atoms with van der Waals surface area (Å²) in [6.45, 7) is 5.57. The normalized spacial score (nSPS) is 48.3. The van der Waals surface area contributed by atoms with Crippen molar-refractivity contribution in [1.29, 1.82) is 0 Å². The molecule has 1 saturated heterocycles. The molecule has 3 N–H and O–H groups in total. The average Bonchev–Trinajstić information content (AvgIpc) is 3.88. The predicted molar refractivity (Wildman–Crippen MR) is 245 cm³/mol. The van der Waals surface area contributed by atoms with E-state index in [2.05, 4.69) is 19.2 Å². The van der Waals surface area contributed by atoms with E-state index < -0.39 is 0 Å². The lowest BCUT2D eigenvalue weighted by atomic mass is 9.54. The second-order valence-corrected chi connectivity index (χ2v) is 25.2. The van der Waals surface area contributed by atoms with E-state index in [4.69, 9.17) is 5.73 Å². The van der Waals surface area contributed by atoms with Crippen molar-refractivity contribution in [2.45, 2.75) is 244 Å². The van der Waals surface area contributed by atoms with Gasteiger partial charge in [0.1, 0.15) is 0 Å². The molecule has 19 unspecified atom stereocenters. The lowest BCUT2D eigenvalue weighted by Crippen LogP contribution is -2.61. The van der Waals surface area contributed by atoms with Gasteiger partial charge in [0.2, 0.25) is 0 Å². The van der Waals surface area contributed by atoms with E-state index in [0.29, 0.717) is 6.04 Å². The number of hydrogen-bond acceptors (Lipinski definition) is 2. The maximum absolute atomic E-state index is 7.60. The van der Waals surface area contributed by atoms with Crippen molar-refractivity contribution in [2.75, 3.05) is 0 Å². The van der Waals surface area contributed by atoms with E-state index in [1.165, 1.54) is 141 Å². The Morgan fingerprint density at radius 2 is 1.03 bits per heavy atom. The number of nitrogens with one attached hydrogen (secondary N) is 1. The van der Waals surface area contributed by atoms with Crippen LogP contribution in [-0.4, -0.2) is 18.1 Å². The molecule has 19 atom stereocenters. The average molecular weight is 797 g/mol. The molecule has 0 bridgehead atoms. The van der Waals surface area contributed by atoms with Crippen molar-refractivity contribution in [1.82, 2.24) is 5.32 Å². The first-order valence-electron chi connectivity index (χ1n) is 28.0. The summed E-state index contributed by atoms with van der Waals surface area (Å²) in [5.74, 6) is 17.9. The molecular weight excluding hydrogens is 701 g/mol. The molecule has 9 aliphatic carbocycles. The highest BCUT2D eigenvalue weighted by atomic mass is 15.0. The topological polar surface area (TPSA) is 38.0 Å². The van der Waals surface area contributed by atoms with E-state index >= 15 is 0 Å². The fourth-order valence-electron chi connectivity index (χ4n) is 20.1. The molecule has 10 fully saturated rings. The third-order valence-corrected chi connectivity index (χ3v) is 22.6. The van der Waals surface area contributed by atoms with Crippen LogP contribution in [0.15, 0.2) is 0 Å². The molecule has 10 rings (SSSR count). The first-order valence-corrected chi connectivity index (χ1v) is 28.0. The molecule has 2 heteroatoms. The summed E-state index contributed by atoms with van der Waals surface area (Å²) in [4.78, 5) is 0. The van der Waals surface area contributed by atoms with Gasteiger partial charge >= 0.3 is 0 Å². The van der Waals surface area contributed by atoms with Crippen molar-refractivity contribution in [3.8, 4) is 0 Å². The molecule has 2 nitrogen and oxygen atoms in total. The molecule has 0 spiro atoms. The fraction of sp³-hybridized carbons (Fsp3) is 1.00. The van der Waals surface area contributed by atoms with Crippen molar-refractivity contribution in [3.05, 3.63) is 0 Å². The van der Waals surface area contributed by atoms with Crippen LogP contribution in [0.3, 0.4) is 0 Å². The van der Waals surface area contributed by atoms with Crippen molar-refractivity contribution in [3.63, 3.8) is 0 Å². The zero-order valence-corrected chi connectivity index (χ0v) is 38.5. The van der Waals surface area contributed by atoms with Crippen LogP contribution in [0.25, 0.3) is 0 Å². The van der Waals surface area contributed by atoms with Crippen LogP contribution in [0.4, 0.5) is 0 Å². The highest BCUT2D eigenvalue weighted by molar-refractivity contribution is 5.11. The molecule has 330 valence electrons. The molecular formula is C56H96N2. The summed E-state index contributed by atoms with van der Waals surface area (Å²) in [5, 5.41) is 4.60. The van der Waals surface area contributed by atoms with Gasteiger partial charge in [0.05, 0.1) is 0 Å². The van der Waals surface area contributed by atoms with Crippen LogP contribution in [0.1, 0.15) is 226 Å². The Balaban J connectivity index is 0.833. The maximum atomic E-state index is 7.60. The number of rotatable bonds is 10. The molecule has 1 heterocycles. The van der Waals surface area contributed by atoms with E-state index in [1.54, 1.807) is 70.6 Å². The Bertz CT molecular complexity index is 1280. The van der Waals surface area contributed by atoms with Gasteiger partial charge in [-0.1, -0.05) is 142 Å². The minimum atomic E-state index is 0.452. The van der Waals surface area contributed by atoms with Gasteiger partial charge in [0.15, 0.2) is 0 Å². The molecule has 10 aliphatic rings. The van der Waals surface area contributed by atoms with Gasteiger partial charge in [-0.2, -0.15) is 0 Å². The van der Waals surface area contributed by atoms with E-state index in [9.17, 15) is 0 Å². The predicted octanol–water partition coefficient (Wildman–Crippen LogP) is 14.8. The standard InChI is InChI=1S/C56H96N2/c1-36(51(43-22-12-20-41(33-43)39-16-5-3-6-17-39)35-52(57)44-23-13-21-42(34-44)40-18-7-4-8-19-40)31-38-15-11-24-45(32-38)56-50-30-29-48-47-26-10-9-25-46(47)37(2)54(48)55(50)49-27-14-28-53(49)58-56/h36-56,58H,3-35,57H2,1-2H3. The van der Waals surface area contributed by atoms with Crippen molar-refractivity contribution < 1.29 is 0 Å².